The Kier molecular flexibility index (Phi) is 5.80. The van der Waals surface area contributed by atoms with E-state index in [9.17, 15) is 13.2 Å². The highest BCUT2D eigenvalue weighted by atomic mass is 19.2. The molecule has 0 aliphatic rings. The minimum atomic E-state index is -0.824. The molecule has 3 rings (SSSR count). The van der Waals surface area contributed by atoms with Gasteiger partial charge in [0.1, 0.15) is 5.82 Å². The zero-order valence-electron chi connectivity index (χ0n) is 15.4. The third-order valence-electron chi connectivity index (χ3n) is 4.51. The quantitative estimate of drug-likeness (QED) is 0.419. The second-order valence-corrected chi connectivity index (χ2v) is 6.63. The highest BCUT2D eigenvalue weighted by Gasteiger charge is 2.11. The summed E-state index contributed by atoms with van der Waals surface area (Å²) in [5.74, 6) is -1.86. The van der Waals surface area contributed by atoms with Gasteiger partial charge in [-0.15, -0.1) is 0 Å². The van der Waals surface area contributed by atoms with E-state index in [1.165, 1.54) is 6.07 Å². The average Bonchev–Trinajstić information content (AvgIpc) is 2.66. The Bertz CT molecular complexity index is 970. The summed E-state index contributed by atoms with van der Waals surface area (Å²) in [5, 5.41) is 0. The van der Waals surface area contributed by atoms with Crippen LogP contribution in [0.3, 0.4) is 0 Å². The van der Waals surface area contributed by atoms with Gasteiger partial charge in [-0.3, -0.25) is 0 Å². The number of aryl methyl sites for hydroxylation is 2. The lowest BCUT2D eigenvalue weighted by Crippen LogP contribution is -1.96. The van der Waals surface area contributed by atoms with Crippen LogP contribution in [0.2, 0.25) is 0 Å². The van der Waals surface area contributed by atoms with Crippen molar-refractivity contribution >= 4 is 12.2 Å². The topological polar surface area (TPSA) is 0 Å². The Hall–Kier alpha value is -2.81. The van der Waals surface area contributed by atoms with Crippen molar-refractivity contribution in [1.29, 1.82) is 0 Å². The zero-order valence-corrected chi connectivity index (χ0v) is 15.4. The minimum absolute atomic E-state index is 0.209. The van der Waals surface area contributed by atoms with Crippen LogP contribution in [-0.2, 0) is 6.42 Å². The lowest BCUT2D eigenvalue weighted by Gasteiger charge is -2.06. The van der Waals surface area contributed by atoms with Gasteiger partial charge in [0.15, 0.2) is 11.6 Å². The summed E-state index contributed by atoms with van der Waals surface area (Å²) in [6, 6.07) is 15.6. The van der Waals surface area contributed by atoms with Crippen molar-refractivity contribution in [2.24, 2.45) is 0 Å². The van der Waals surface area contributed by atoms with Crippen LogP contribution in [-0.4, -0.2) is 0 Å². The van der Waals surface area contributed by atoms with Crippen LogP contribution in [0.25, 0.3) is 23.3 Å². The fourth-order valence-electron chi connectivity index (χ4n) is 3.01. The molecule has 138 valence electrons. The smallest absolute Gasteiger partial charge is 0.166 e. The predicted molar refractivity (Wildman–Crippen MR) is 106 cm³/mol. The van der Waals surface area contributed by atoms with E-state index in [1.54, 1.807) is 30.4 Å². The molecule has 0 N–H and O–H groups in total. The Morgan fingerprint density at radius 2 is 1.56 bits per heavy atom. The molecule has 0 spiro atoms. The molecular weight excluding hydrogens is 345 g/mol. The third-order valence-corrected chi connectivity index (χ3v) is 4.51. The molecule has 0 heterocycles. The molecule has 3 aromatic carbocycles. The Morgan fingerprint density at radius 3 is 2.22 bits per heavy atom. The summed E-state index contributed by atoms with van der Waals surface area (Å²) < 4.78 is 42.3. The van der Waals surface area contributed by atoms with Crippen LogP contribution in [0.15, 0.2) is 54.6 Å². The average molecular weight is 366 g/mol. The third kappa shape index (κ3) is 4.30. The van der Waals surface area contributed by atoms with Gasteiger partial charge in [-0.25, -0.2) is 13.2 Å². The number of halogens is 3. The van der Waals surface area contributed by atoms with Crippen LogP contribution in [0.1, 0.15) is 35.6 Å². The SMILES string of the molecule is CCCc1ccc(/C=C/c2ccc(-c3ccc(C)cc3F)cc2)c(F)c1F. The first kappa shape index (κ1) is 19.0. The summed E-state index contributed by atoms with van der Waals surface area (Å²) in [6.07, 6.45) is 4.55. The Balaban J connectivity index is 1.81. The van der Waals surface area contributed by atoms with Crippen LogP contribution >= 0.6 is 0 Å². The fourth-order valence-corrected chi connectivity index (χ4v) is 3.01. The molecule has 27 heavy (non-hydrogen) atoms. The first-order valence-electron chi connectivity index (χ1n) is 9.01. The largest absolute Gasteiger partial charge is 0.206 e. The standard InChI is InChI=1S/C24H21F3/c1-3-4-19-12-13-20(24(27)23(19)26)11-8-17-6-9-18(10-7-17)21-14-5-16(2)15-22(21)25/h5-15H,3-4H2,1-2H3/b11-8+. The van der Waals surface area contributed by atoms with Crippen molar-refractivity contribution < 1.29 is 13.2 Å². The maximum atomic E-state index is 14.2. The molecule has 0 unspecified atom stereocenters. The molecule has 0 saturated carbocycles. The van der Waals surface area contributed by atoms with Crippen molar-refractivity contribution in [3.8, 4) is 11.1 Å². The second kappa shape index (κ2) is 8.26. The Labute approximate surface area is 158 Å². The molecule has 0 bridgehead atoms. The van der Waals surface area contributed by atoms with Crippen molar-refractivity contribution in [1.82, 2.24) is 0 Å². The van der Waals surface area contributed by atoms with Gasteiger partial charge in [0.25, 0.3) is 0 Å². The number of hydrogen-bond donors (Lipinski definition) is 0. The van der Waals surface area contributed by atoms with Crippen LogP contribution < -0.4 is 0 Å². The second-order valence-electron chi connectivity index (χ2n) is 6.63. The monoisotopic (exact) mass is 366 g/mol. The Morgan fingerprint density at radius 1 is 0.815 bits per heavy atom. The number of benzene rings is 3. The van der Waals surface area contributed by atoms with Gasteiger partial charge in [-0.2, -0.15) is 0 Å². The van der Waals surface area contributed by atoms with Crippen molar-refractivity contribution in [2.45, 2.75) is 26.7 Å². The molecule has 0 aliphatic carbocycles. The zero-order chi connectivity index (χ0) is 19.4. The molecule has 0 saturated heterocycles. The summed E-state index contributed by atoms with van der Waals surface area (Å²) in [5.41, 5.74) is 3.61. The van der Waals surface area contributed by atoms with Gasteiger partial charge >= 0.3 is 0 Å². The molecule has 0 aliphatic heterocycles. The van der Waals surface area contributed by atoms with Crippen molar-refractivity contribution in [2.75, 3.05) is 0 Å². The highest BCUT2D eigenvalue weighted by Crippen LogP contribution is 2.25. The van der Waals surface area contributed by atoms with E-state index in [2.05, 4.69) is 0 Å². The van der Waals surface area contributed by atoms with Crippen LogP contribution in [0.4, 0.5) is 13.2 Å². The molecular formula is C24H21F3. The minimum Gasteiger partial charge on any atom is -0.206 e. The molecule has 0 fully saturated rings. The maximum absolute atomic E-state index is 14.2. The van der Waals surface area contributed by atoms with Gasteiger partial charge in [0.2, 0.25) is 0 Å². The van der Waals surface area contributed by atoms with Gasteiger partial charge in [-0.05, 0) is 41.7 Å². The molecule has 3 heteroatoms. The van der Waals surface area contributed by atoms with Gasteiger partial charge in [0.05, 0.1) is 0 Å². The summed E-state index contributed by atoms with van der Waals surface area (Å²) in [7, 11) is 0. The molecule has 0 aromatic heterocycles. The van der Waals surface area contributed by atoms with E-state index in [0.29, 0.717) is 17.5 Å². The van der Waals surface area contributed by atoms with Crippen molar-refractivity contribution in [3.05, 3.63) is 94.3 Å². The lowest BCUT2D eigenvalue weighted by molar-refractivity contribution is 0.496. The highest BCUT2D eigenvalue weighted by molar-refractivity contribution is 5.72. The van der Waals surface area contributed by atoms with E-state index >= 15 is 0 Å². The molecule has 0 amide bonds. The van der Waals surface area contributed by atoms with Crippen LogP contribution in [0.5, 0.6) is 0 Å². The van der Waals surface area contributed by atoms with Gasteiger partial charge in [0, 0.05) is 11.1 Å². The van der Waals surface area contributed by atoms with E-state index < -0.39 is 11.6 Å². The maximum Gasteiger partial charge on any atom is 0.166 e. The first-order valence-corrected chi connectivity index (χ1v) is 9.01. The lowest BCUT2D eigenvalue weighted by atomic mass is 10.0. The van der Waals surface area contributed by atoms with E-state index in [1.807, 2.05) is 44.2 Å². The summed E-state index contributed by atoms with van der Waals surface area (Å²) in [6.45, 7) is 3.77. The molecule has 0 radical (unpaired) electrons. The van der Waals surface area contributed by atoms with E-state index in [4.69, 9.17) is 0 Å². The molecule has 0 nitrogen and oxygen atoms in total. The van der Waals surface area contributed by atoms with E-state index in [-0.39, 0.29) is 11.4 Å². The molecule has 0 atom stereocenters. The fraction of sp³-hybridized carbons (Fsp3) is 0.167. The normalized spacial score (nSPS) is 11.3. The predicted octanol–water partition coefficient (Wildman–Crippen LogP) is 7.20. The molecule has 3 aromatic rings. The van der Waals surface area contributed by atoms with E-state index in [0.717, 1.165) is 23.1 Å². The van der Waals surface area contributed by atoms with Gasteiger partial charge < -0.3 is 0 Å². The van der Waals surface area contributed by atoms with Crippen LogP contribution in [0, 0.1) is 24.4 Å². The summed E-state index contributed by atoms with van der Waals surface area (Å²) >= 11 is 0. The number of hydrogen-bond acceptors (Lipinski definition) is 0. The number of rotatable bonds is 5. The summed E-state index contributed by atoms with van der Waals surface area (Å²) in [4.78, 5) is 0. The first-order chi connectivity index (χ1) is 13.0. The van der Waals surface area contributed by atoms with Gasteiger partial charge in [-0.1, -0.05) is 74.0 Å². The van der Waals surface area contributed by atoms with Crippen molar-refractivity contribution in [3.63, 3.8) is 0 Å².